The molecule has 4 N–H and O–H groups in total. The van der Waals surface area contributed by atoms with Gasteiger partial charge in [0.1, 0.15) is 36.4 Å². The molecule has 94 valence electrons. The normalized spacial score (nSPS) is 32.9. The van der Waals surface area contributed by atoms with Gasteiger partial charge in [-0.25, -0.2) is 4.79 Å². The Morgan fingerprint density at radius 2 is 2.06 bits per heavy atom. The standard InChI is InChI=1S/C10H12O7/c11-2-6-7(12)8(13)9(17-6)5-1-4(3-16-5)10(14)15/h1,3,6-9,11-13H,2H2,(H,14,15)/t6-,7-,8-,9+/m1/s1. The zero-order valence-electron chi connectivity index (χ0n) is 8.68. The molecule has 7 heteroatoms. The molecular formula is C10H12O7. The van der Waals surface area contributed by atoms with Crippen molar-refractivity contribution in [1.29, 1.82) is 0 Å². The number of furan rings is 1. The number of aromatic carboxylic acids is 1. The van der Waals surface area contributed by atoms with Crippen LogP contribution in [-0.2, 0) is 4.74 Å². The van der Waals surface area contributed by atoms with Crippen LogP contribution in [0.15, 0.2) is 16.7 Å². The molecule has 0 amide bonds. The summed E-state index contributed by atoms with van der Waals surface area (Å²) in [5.41, 5.74) is -0.0715. The first-order chi connectivity index (χ1) is 8.04. The maximum absolute atomic E-state index is 10.6. The third-order valence-corrected chi connectivity index (χ3v) is 2.69. The Labute approximate surface area is 95.9 Å². The number of ether oxygens (including phenoxy) is 1. The van der Waals surface area contributed by atoms with Gasteiger partial charge in [-0.05, 0) is 6.07 Å². The van der Waals surface area contributed by atoms with Crippen LogP contribution in [0.4, 0.5) is 0 Å². The number of hydrogen-bond acceptors (Lipinski definition) is 6. The summed E-state index contributed by atoms with van der Waals surface area (Å²) in [5.74, 6) is -1.06. The highest BCUT2D eigenvalue weighted by Gasteiger charge is 2.44. The second-order valence-electron chi connectivity index (χ2n) is 3.80. The van der Waals surface area contributed by atoms with Gasteiger partial charge < -0.3 is 29.6 Å². The second-order valence-corrected chi connectivity index (χ2v) is 3.80. The van der Waals surface area contributed by atoms with Gasteiger partial charge in [-0.3, -0.25) is 0 Å². The molecule has 2 heterocycles. The molecule has 0 bridgehead atoms. The van der Waals surface area contributed by atoms with Crippen molar-refractivity contribution in [2.45, 2.75) is 24.4 Å². The topological polar surface area (TPSA) is 120 Å². The van der Waals surface area contributed by atoms with Crippen LogP contribution < -0.4 is 0 Å². The van der Waals surface area contributed by atoms with Gasteiger partial charge in [0.25, 0.3) is 0 Å². The molecule has 0 aromatic carbocycles. The number of aliphatic hydroxyl groups is 3. The van der Waals surface area contributed by atoms with E-state index >= 15 is 0 Å². The Kier molecular flexibility index (Phi) is 3.16. The first kappa shape index (κ1) is 12.1. The molecule has 4 atom stereocenters. The monoisotopic (exact) mass is 244 g/mol. The third kappa shape index (κ3) is 2.05. The summed E-state index contributed by atoms with van der Waals surface area (Å²) < 4.78 is 10.1. The molecule has 0 saturated carbocycles. The summed E-state index contributed by atoms with van der Waals surface area (Å²) in [4.78, 5) is 10.6. The van der Waals surface area contributed by atoms with Crippen LogP contribution in [0.1, 0.15) is 22.2 Å². The van der Waals surface area contributed by atoms with Crippen LogP contribution in [0.2, 0.25) is 0 Å². The minimum Gasteiger partial charge on any atom is -0.478 e. The molecule has 17 heavy (non-hydrogen) atoms. The SMILES string of the molecule is O=C(O)c1coc([C@@H]2O[C@H](CO)[C@@H](O)[C@H]2O)c1. The molecule has 0 radical (unpaired) electrons. The van der Waals surface area contributed by atoms with Crippen molar-refractivity contribution in [3.8, 4) is 0 Å². The molecule has 1 aliphatic rings. The van der Waals surface area contributed by atoms with E-state index in [2.05, 4.69) is 0 Å². The molecule has 1 aromatic rings. The highest BCUT2D eigenvalue weighted by Crippen LogP contribution is 2.34. The molecule has 1 aliphatic heterocycles. The average molecular weight is 244 g/mol. The zero-order valence-corrected chi connectivity index (χ0v) is 8.68. The lowest BCUT2D eigenvalue weighted by molar-refractivity contribution is -0.0290. The number of carbonyl (C=O) groups is 1. The van der Waals surface area contributed by atoms with Crippen molar-refractivity contribution in [3.63, 3.8) is 0 Å². The molecule has 2 rings (SSSR count). The summed E-state index contributed by atoms with van der Waals surface area (Å²) in [6.45, 7) is -0.443. The summed E-state index contributed by atoms with van der Waals surface area (Å²) in [6, 6.07) is 1.21. The largest absolute Gasteiger partial charge is 0.478 e. The van der Waals surface area contributed by atoms with Crippen molar-refractivity contribution in [3.05, 3.63) is 23.7 Å². The fraction of sp³-hybridized carbons (Fsp3) is 0.500. The molecule has 7 nitrogen and oxygen atoms in total. The maximum atomic E-state index is 10.6. The molecular weight excluding hydrogens is 232 g/mol. The van der Waals surface area contributed by atoms with E-state index in [4.69, 9.17) is 19.4 Å². The van der Waals surface area contributed by atoms with E-state index < -0.39 is 37.0 Å². The summed E-state index contributed by atoms with van der Waals surface area (Å²) in [5, 5.41) is 36.8. The molecule has 0 aliphatic carbocycles. The first-order valence-electron chi connectivity index (χ1n) is 4.98. The van der Waals surface area contributed by atoms with E-state index in [-0.39, 0.29) is 11.3 Å². The van der Waals surface area contributed by atoms with Crippen LogP contribution in [-0.4, -0.2) is 51.3 Å². The zero-order chi connectivity index (χ0) is 12.6. The third-order valence-electron chi connectivity index (χ3n) is 2.69. The molecule has 1 aromatic heterocycles. The van der Waals surface area contributed by atoms with Crippen LogP contribution >= 0.6 is 0 Å². The number of hydrogen-bond donors (Lipinski definition) is 4. The molecule has 1 fully saturated rings. The smallest absolute Gasteiger partial charge is 0.338 e. The van der Waals surface area contributed by atoms with Gasteiger partial charge in [0.2, 0.25) is 0 Å². The van der Waals surface area contributed by atoms with Crippen molar-refractivity contribution < 1.29 is 34.4 Å². The molecule has 1 saturated heterocycles. The minimum absolute atomic E-state index is 0.0715. The number of rotatable bonds is 3. The van der Waals surface area contributed by atoms with Crippen molar-refractivity contribution in [2.75, 3.05) is 6.61 Å². The van der Waals surface area contributed by atoms with E-state index in [1.54, 1.807) is 0 Å². The van der Waals surface area contributed by atoms with Crippen LogP contribution in [0.5, 0.6) is 0 Å². The van der Waals surface area contributed by atoms with Crippen LogP contribution in [0, 0.1) is 0 Å². The first-order valence-corrected chi connectivity index (χ1v) is 4.98. The Hall–Kier alpha value is -1.41. The van der Waals surface area contributed by atoms with Gasteiger partial charge in [0.05, 0.1) is 12.2 Å². The number of carboxylic acids is 1. The fourth-order valence-corrected chi connectivity index (χ4v) is 1.75. The van der Waals surface area contributed by atoms with Crippen molar-refractivity contribution in [2.24, 2.45) is 0 Å². The predicted molar refractivity (Wildman–Crippen MR) is 52.4 cm³/mol. The van der Waals surface area contributed by atoms with E-state index in [0.717, 1.165) is 6.26 Å². The van der Waals surface area contributed by atoms with Crippen LogP contribution in [0.3, 0.4) is 0 Å². The minimum atomic E-state index is -1.26. The van der Waals surface area contributed by atoms with Gasteiger partial charge in [0.15, 0.2) is 0 Å². The average Bonchev–Trinajstić information content (AvgIpc) is 2.87. The number of carboxylic acid groups (broad SMARTS) is 1. The van der Waals surface area contributed by atoms with Crippen LogP contribution in [0.25, 0.3) is 0 Å². The molecule has 0 unspecified atom stereocenters. The van der Waals surface area contributed by atoms with Gasteiger partial charge in [0, 0.05) is 0 Å². The summed E-state index contributed by atoms with van der Waals surface area (Å²) in [7, 11) is 0. The van der Waals surface area contributed by atoms with Crippen molar-refractivity contribution >= 4 is 5.97 Å². The van der Waals surface area contributed by atoms with Gasteiger partial charge in [-0.2, -0.15) is 0 Å². The quantitative estimate of drug-likeness (QED) is 0.545. The van der Waals surface area contributed by atoms with Gasteiger partial charge in [-0.15, -0.1) is 0 Å². The van der Waals surface area contributed by atoms with Gasteiger partial charge >= 0.3 is 5.97 Å². The Balaban J connectivity index is 2.19. The van der Waals surface area contributed by atoms with Gasteiger partial charge in [-0.1, -0.05) is 0 Å². The highest BCUT2D eigenvalue weighted by molar-refractivity contribution is 5.87. The van der Waals surface area contributed by atoms with Crippen molar-refractivity contribution in [1.82, 2.24) is 0 Å². The maximum Gasteiger partial charge on any atom is 0.338 e. The predicted octanol–water partition coefficient (Wildman–Crippen LogP) is -0.868. The summed E-state index contributed by atoms with van der Waals surface area (Å²) in [6.07, 6.45) is -3.36. The second kappa shape index (κ2) is 4.46. The lowest BCUT2D eigenvalue weighted by atomic mass is 10.1. The Morgan fingerprint density at radius 3 is 2.53 bits per heavy atom. The Morgan fingerprint density at radius 1 is 1.35 bits per heavy atom. The molecule has 0 spiro atoms. The summed E-state index contributed by atoms with van der Waals surface area (Å²) >= 11 is 0. The van der Waals surface area contributed by atoms with E-state index in [0.29, 0.717) is 0 Å². The highest BCUT2D eigenvalue weighted by atomic mass is 16.6. The van der Waals surface area contributed by atoms with E-state index in [1.807, 2.05) is 0 Å². The van der Waals surface area contributed by atoms with E-state index in [9.17, 15) is 15.0 Å². The number of aliphatic hydroxyl groups excluding tert-OH is 3. The lowest BCUT2D eigenvalue weighted by Crippen LogP contribution is -2.32. The Bertz CT molecular complexity index is 413. The van der Waals surface area contributed by atoms with E-state index in [1.165, 1.54) is 6.07 Å². The lowest BCUT2D eigenvalue weighted by Gasteiger charge is -2.11. The fourth-order valence-electron chi connectivity index (χ4n) is 1.75.